The minimum absolute atomic E-state index is 0.323. The number of hydrogen-bond donors (Lipinski definition) is 1. The van der Waals surface area contributed by atoms with E-state index < -0.39 is 0 Å². The number of hydrogen-bond acceptors (Lipinski definition) is 4. The van der Waals surface area contributed by atoms with Crippen molar-refractivity contribution in [3.8, 4) is 11.5 Å². The Balaban J connectivity index is 1.98. The molecule has 0 bridgehead atoms. The van der Waals surface area contributed by atoms with Gasteiger partial charge < -0.3 is 19.5 Å². The minimum atomic E-state index is 0.323. The lowest BCUT2D eigenvalue weighted by Gasteiger charge is -2.16. The van der Waals surface area contributed by atoms with Gasteiger partial charge in [0.1, 0.15) is 0 Å². The molecule has 1 aromatic carbocycles. The first-order chi connectivity index (χ1) is 8.38. The summed E-state index contributed by atoms with van der Waals surface area (Å²) < 4.78 is 16.1. The molecule has 4 heteroatoms. The molecule has 1 fully saturated rings. The van der Waals surface area contributed by atoms with E-state index in [0.29, 0.717) is 19.4 Å². The molecular formula is C13H17NO3. The van der Waals surface area contributed by atoms with Gasteiger partial charge in [0.25, 0.3) is 0 Å². The number of rotatable bonds is 3. The molecule has 1 aromatic rings. The molecular weight excluding hydrogens is 218 g/mol. The molecule has 1 atom stereocenters. The number of fused-ring (bicyclic) bond motifs is 1. The third-order valence-electron chi connectivity index (χ3n) is 3.37. The van der Waals surface area contributed by atoms with Gasteiger partial charge in [0.15, 0.2) is 11.5 Å². The van der Waals surface area contributed by atoms with Crippen LogP contribution in [0.1, 0.15) is 30.0 Å². The van der Waals surface area contributed by atoms with Crippen LogP contribution in [-0.4, -0.2) is 20.4 Å². The second-order valence-electron chi connectivity index (χ2n) is 4.49. The summed E-state index contributed by atoms with van der Waals surface area (Å²) in [6, 6.07) is 4.57. The Morgan fingerprint density at radius 3 is 2.88 bits per heavy atom. The van der Waals surface area contributed by atoms with Crippen molar-refractivity contribution in [2.75, 3.05) is 20.4 Å². The predicted molar refractivity (Wildman–Crippen MR) is 63.3 cm³/mol. The summed E-state index contributed by atoms with van der Waals surface area (Å²) in [7, 11) is 1.72. The highest BCUT2D eigenvalue weighted by atomic mass is 16.7. The Labute approximate surface area is 101 Å². The summed E-state index contributed by atoms with van der Waals surface area (Å²) in [6.45, 7) is 2.03. The second-order valence-corrected chi connectivity index (χ2v) is 4.49. The smallest absolute Gasteiger partial charge is 0.231 e. The van der Waals surface area contributed by atoms with Crippen LogP contribution in [0, 0.1) is 0 Å². The molecule has 17 heavy (non-hydrogen) atoms. The van der Waals surface area contributed by atoms with Crippen LogP contribution in [0.4, 0.5) is 0 Å². The molecule has 0 spiro atoms. The third kappa shape index (κ3) is 1.98. The molecule has 0 aromatic heterocycles. The Hall–Kier alpha value is -1.26. The largest absolute Gasteiger partial charge is 0.454 e. The highest BCUT2D eigenvalue weighted by Crippen LogP contribution is 2.38. The topological polar surface area (TPSA) is 39.7 Å². The summed E-state index contributed by atoms with van der Waals surface area (Å²) in [4.78, 5) is 0. The molecule has 0 amide bonds. The first-order valence-electron chi connectivity index (χ1n) is 6.03. The lowest BCUT2D eigenvalue weighted by molar-refractivity contribution is 0.173. The van der Waals surface area contributed by atoms with Crippen LogP contribution >= 0.6 is 0 Å². The van der Waals surface area contributed by atoms with Crippen molar-refractivity contribution in [3.05, 3.63) is 23.3 Å². The molecule has 0 saturated carbocycles. The lowest BCUT2D eigenvalue weighted by atomic mass is 9.98. The second kappa shape index (κ2) is 4.55. The Bertz CT molecular complexity index is 413. The van der Waals surface area contributed by atoms with Crippen molar-refractivity contribution < 1.29 is 14.2 Å². The van der Waals surface area contributed by atoms with Gasteiger partial charge in [-0.25, -0.2) is 0 Å². The van der Waals surface area contributed by atoms with Gasteiger partial charge in [-0.2, -0.15) is 0 Å². The first-order valence-corrected chi connectivity index (χ1v) is 6.03. The van der Waals surface area contributed by atoms with E-state index >= 15 is 0 Å². The molecule has 0 aliphatic carbocycles. The summed E-state index contributed by atoms with van der Waals surface area (Å²) in [5, 5.41) is 3.51. The van der Waals surface area contributed by atoms with E-state index in [2.05, 4.69) is 11.4 Å². The molecule has 4 nitrogen and oxygen atoms in total. The van der Waals surface area contributed by atoms with Gasteiger partial charge in [0.2, 0.25) is 6.79 Å². The zero-order chi connectivity index (χ0) is 11.7. The zero-order valence-corrected chi connectivity index (χ0v) is 9.99. The van der Waals surface area contributed by atoms with Crippen LogP contribution in [0.2, 0.25) is 0 Å². The van der Waals surface area contributed by atoms with Gasteiger partial charge in [-0.3, -0.25) is 0 Å². The van der Waals surface area contributed by atoms with Gasteiger partial charge in [0, 0.05) is 13.2 Å². The predicted octanol–water partition coefficient (Wildman–Crippen LogP) is 1.99. The van der Waals surface area contributed by atoms with E-state index in [0.717, 1.165) is 18.0 Å². The van der Waals surface area contributed by atoms with Gasteiger partial charge >= 0.3 is 0 Å². The monoisotopic (exact) mass is 235 g/mol. The van der Waals surface area contributed by atoms with Crippen LogP contribution in [0.3, 0.4) is 0 Å². The average molecular weight is 235 g/mol. The maximum atomic E-state index is 5.44. The molecule has 2 aliphatic heterocycles. The fourth-order valence-electron chi connectivity index (χ4n) is 2.55. The molecule has 1 unspecified atom stereocenters. The summed E-state index contributed by atoms with van der Waals surface area (Å²) in [5.41, 5.74) is 2.48. The maximum Gasteiger partial charge on any atom is 0.231 e. The van der Waals surface area contributed by atoms with Crippen LogP contribution in [0.15, 0.2) is 12.1 Å². The van der Waals surface area contributed by atoms with Gasteiger partial charge in [0.05, 0.1) is 6.61 Å². The first kappa shape index (κ1) is 10.9. The standard InChI is InChI=1S/C13H17NO3/c1-15-7-9-5-12-13(17-8-16-12)6-10(9)11-3-2-4-14-11/h5-6,11,14H,2-4,7-8H2,1H3. The van der Waals surface area contributed by atoms with Crippen LogP contribution in [0.25, 0.3) is 0 Å². The number of ether oxygens (including phenoxy) is 3. The van der Waals surface area contributed by atoms with Gasteiger partial charge in [-0.1, -0.05) is 0 Å². The van der Waals surface area contributed by atoms with Crippen LogP contribution in [0.5, 0.6) is 11.5 Å². The van der Waals surface area contributed by atoms with Crippen molar-refractivity contribution in [2.24, 2.45) is 0 Å². The van der Waals surface area contributed by atoms with E-state index in [1.165, 1.54) is 24.0 Å². The van der Waals surface area contributed by atoms with E-state index in [1.807, 2.05) is 6.07 Å². The Morgan fingerprint density at radius 2 is 2.18 bits per heavy atom. The van der Waals surface area contributed by atoms with E-state index in [-0.39, 0.29) is 0 Å². The fourth-order valence-corrected chi connectivity index (χ4v) is 2.55. The molecule has 0 radical (unpaired) electrons. The SMILES string of the molecule is COCc1cc2c(cc1C1CCCN1)OCO2. The highest BCUT2D eigenvalue weighted by molar-refractivity contribution is 5.49. The highest BCUT2D eigenvalue weighted by Gasteiger charge is 2.23. The number of nitrogens with one attached hydrogen (secondary N) is 1. The van der Waals surface area contributed by atoms with Crippen molar-refractivity contribution >= 4 is 0 Å². The Morgan fingerprint density at radius 1 is 1.35 bits per heavy atom. The lowest BCUT2D eigenvalue weighted by Crippen LogP contribution is -2.15. The molecule has 2 aliphatic rings. The molecule has 3 rings (SSSR count). The molecule has 1 N–H and O–H groups in total. The normalized spacial score (nSPS) is 22.1. The van der Waals surface area contributed by atoms with E-state index in [1.54, 1.807) is 7.11 Å². The molecule has 1 saturated heterocycles. The van der Waals surface area contributed by atoms with Crippen molar-refractivity contribution in [2.45, 2.75) is 25.5 Å². The fraction of sp³-hybridized carbons (Fsp3) is 0.538. The summed E-state index contributed by atoms with van der Waals surface area (Å²) in [5.74, 6) is 1.69. The quantitative estimate of drug-likeness (QED) is 0.869. The van der Waals surface area contributed by atoms with Crippen LogP contribution < -0.4 is 14.8 Å². The Kier molecular flexibility index (Phi) is 2.91. The van der Waals surface area contributed by atoms with Crippen molar-refractivity contribution in [1.82, 2.24) is 5.32 Å². The number of benzene rings is 1. The maximum absolute atomic E-state index is 5.44. The van der Waals surface area contributed by atoms with E-state index in [4.69, 9.17) is 14.2 Å². The van der Waals surface area contributed by atoms with E-state index in [9.17, 15) is 0 Å². The number of methoxy groups -OCH3 is 1. The minimum Gasteiger partial charge on any atom is -0.454 e. The van der Waals surface area contributed by atoms with Crippen molar-refractivity contribution in [1.29, 1.82) is 0 Å². The summed E-state index contributed by atoms with van der Waals surface area (Å²) >= 11 is 0. The average Bonchev–Trinajstić information content (AvgIpc) is 2.98. The molecule has 92 valence electrons. The van der Waals surface area contributed by atoms with Crippen molar-refractivity contribution in [3.63, 3.8) is 0 Å². The zero-order valence-electron chi connectivity index (χ0n) is 9.99. The summed E-state index contributed by atoms with van der Waals surface area (Å²) in [6.07, 6.45) is 2.40. The van der Waals surface area contributed by atoms with Gasteiger partial charge in [-0.15, -0.1) is 0 Å². The molecule has 2 heterocycles. The third-order valence-corrected chi connectivity index (χ3v) is 3.37. The van der Waals surface area contributed by atoms with Crippen LogP contribution in [-0.2, 0) is 11.3 Å². The van der Waals surface area contributed by atoms with Gasteiger partial charge in [-0.05, 0) is 42.6 Å².